The maximum Gasteiger partial charge on any atom is 0.251 e. The van der Waals surface area contributed by atoms with E-state index < -0.39 is 29.0 Å². The summed E-state index contributed by atoms with van der Waals surface area (Å²) < 4.78 is 27.6. The van der Waals surface area contributed by atoms with Gasteiger partial charge >= 0.3 is 0 Å². The third kappa shape index (κ3) is 5.85. The minimum absolute atomic E-state index is 0.0118. The topological polar surface area (TPSA) is 93.0 Å². The number of anilines is 1. The van der Waals surface area contributed by atoms with Gasteiger partial charge < -0.3 is 10.2 Å². The molecule has 2 amide bonds. The molecule has 1 heterocycles. The molecule has 3 aromatic rings. The molecule has 0 saturated carbocycles. The lowest BCUT2D eigenvalue weighted by molar-refractivity contribution is -0.125. The molecule has 0 fully saturated rings. The Balaban J connectivity index is 1.84. The van der Waals surface area contributed by atoms with Crippen LogP contribution in [0.25, 0.3) is 11.4 Å². The molecular weight excluding hydrogens is 442 g/mol. The average Bonchev–Trinajstić information content (AvgIpc) is 3.15. The normalized spacial score (nSPS) is 11.3. The summed E-state index contributed by atoms with van der Waals surface area (Å²) in [6, 6.07) is 9.59. The molecule has 1 aromatic heterocycles. The van der Waals surface area contributed by atoms with Crippen molar-refractivity contribution < 1.29 is 18.4 Å². The van der Waals surface area contributed by atoms with Crippen LogP contribution in [0.5, 0.6) is 0 Å². The highest BCUT2D eigenvalue weighted by molar-refractivity contribution is 6.31. The summed E-state index contributed by atoms with van der Waals surface area (Å²) in [5.41, 5.74) is -0.160. The van der Waals surface area contributed by atoms with E-state index in [1.807, 2.05) is 0 Å². The smallest absolute Gasteiger partial charge is 0.251 e. The summed E-state index contributed by atoms with van der Waals surface area (Å²) in [7, 11) is 0. The van der Waals surface area contributed by atoms with Gasteiger partial charge in [0.05, 0.1) is 10.6 Å². The van der Waals surface area contributed by atoms with Crippen LogP contribution < -0.4 is 10.2 Å². The molecule has 0 unspecified atom stereocenters. The summed E-state index contributed by atoms with van der Waals surface area (Å²) in [6.45, 7) is 4.67. The summed E-state index contributed by atoms with van der Waals surface area (Å²) in [5.74, 6) is -2.17. The summed E-state index contributed by atoms with van der Waals surface area (Å²) >= 11 is 5.86. The first kappa shape index (κ1) is 23.3. The van der Waals surface area contributed by atoms with Gasteiger partial charge in [0.1, 0.15) is 24.7 Å². The molecule has 0 radical (unpaired) electrons. The minimum atomic E-state index is -0.658. The van der Waals surface area contributed by atoms with Crippen LogP contribution in [0.1, 0.15) is 20.8 Å². The molecule has 0 aliphatic rings. The monoisotopic (exact) mass is 462 g/mol. The van der Waals surface area contributed by atoms with Crippen molar-refractivity contribution in [3.63, 3.8) is 0 Å². The van der Waals surface area contributed by atoms with Crippen molar-refractivity contribution in [3.05, 3.63) is 59.1 Å². The minimum Gasteiger partial charge on any atom is -0.350 e. The van der Waals surface area contributed by atoms with Gasteiger partial charge in [-0.2, -0.15) is 4.80 Å². The van der Waals surface area contributed by atoms with Crippen molar-refractivity contribution in [1.29, 1.82) is 0 Å². The van der Waals surface area contributed by atoms with Crippen LogP contribution >= 0.6 is 11.6 Å². The predicted molar refractivity (Wildman–Crippen MR) is 115 cm³/mol. The van der Waals surface area contributed by atoms with Crippen LogP contribution in [-0.4, -0.2) is 44.1 Å². The zero-order chi connectivity index (χ0) is 23.5. The maximum atomic E-state index is 14.0. The summed E-state index contributed by atoms with van der Waals surface area (Å²) in [6.07, 6.45) is 0. The predicted octanol–water partition coefficient (Wildman–Crippen LogP) is 3.22. The van der Waals surface area contributed by atoms with E-state index >= 15 is 0 Å². The highest BCUT2D eigenvalue weighted by atomic mass is 35.5. The third-order valence-electron chi connectivity index (χ3n) is 4.18. The summed E-state index contributed by atoms with van der Waals surface area (Å²) in [4.78, 5) is 27.6. The number of halogens is 3. The van der Waals surface area contributed by atoms with Crippen molar-refractivity contribution in [3.8, 4) is 11.4 Å². The lowest BCUT2D eigenvalue weighted by Crippen LogP contribution is -2.48. The number of carbonyl (C=O) groups is 2. The van der Waals surface area contributed by atoms with Crippen molar-refractivity contribution >= 4 is 29.1 Å². The fourth-order valence-electron chi connectivity index (χ4n) is 2.84. The Hall–Kier alpha value is -3.40. The molecule has 11 heteroatoms. The Morgan fingerprint density at radius 3 is 2.50 bits per heavy atom. The van der Waals surface area contributed by atoms with E-state index in [0.29, 0.717) is 0 Å². The molecule has 0 saturated heterocycles. The fraction of sp³-hybridized carbons (Fsp3) is 0.286. The quantitative estimate of drug-likeness (QED) is 0.607. The Labute approximate surface area is 188 Å². The molecule has 0 spiro atoms. The van der Waals surface area contributed by atoms with Crippen LogP contribution in [0.4, 0.5) is 14.5 Å². The van der Waals surface area contributed by atoms with Crippen LogP contribution in [-0.2, 0) is 16.1 Å². The van der Waals surface area contributed by atoms with Gasteiger partial charge in [-0.3, -0.25) is 9.59 Å². The molecular formula is C21H21ClF2N6O2. The number of hydrogen-bond acceptors (Lipinski definition) is 5. The second-order valence-corrected chi connectivity index (χ2v) is 8.41. The second kappa shape index (κ2) is 9.39. The largest absolute Gasteiger partial charge is 0.350 e. The third-order valence-corrected chi connectivity index (χ3v) is 4.47. The van der Waals surface area contributed by atoms with E-state index in [-0.39, 0.29) is 35.2 Å². The van der Waals surface area contributed by atoms with Gasteiger partial charge in [-0.05, 0) is 56.3 Å². The first-order chi connectivity index (χ1) is 15.0. The standard InChI is InChI=1S/C21H21ClF2N6O2/c1-21(2,3)25-18(31)11-29(13-8-9-17(24)15(22)10-13)19(32)12-30-27-20(26-28-30)14-6-4-5-7-16(14)23/h4-10H,11-12H2,1-3H3,(H,25,31). The van der Waals surface area contributed by atoms with Crippen LogP contribution in [0.15, 0.2) is 42.5 Å². The molecule has 2 aromatic carbocycles. The van der Waals surface area contributed by atoms with Crippen LogP contribution in [0.3, 0.4) is 0 Å². The van der Waals surface area contributed by atoms with E-state index in [9.17, 15) is 18.4 Å². The average molecular weight is 463 g/mol. The van der Waals surface area contributed by atoms with Gasteiger partial charge in [-0.15, -0.1) is 10.2 Å². The first-order valence-electron chi connectivity index (χ1n) is 9.62. The highest BCUT2D eigenvalue weighted by Gasteiger charge is 2.24. The van der Waals surface area contributed by atoms with E-state index in [1.165, 1.54) is 30.3 Å². The lowest BCUT2D eigenvalue weighted by atomic mass is 10.1. The Kier molecular flexibility index (Phi) is 6.83. The number of amides is 2. The number of tetrazole rings is 1. The molecule has 0 atom stereocenters. The first-order valence-corrected chi connectivity index (χ1v) is 10.0. The van der Waals surface area contributed by atoms with Crippen molar-refractivity contribution in [1.82, 2.24) is 25.5 Å². The highest BCUT2D eigenvalue weighted by Crippen LogP contribution is 2.23. The van der Waals surface area contributed by atoms with Gasteiger partial charge in [-0.25, -0.2) is 8.78 Å². The summed E-state index contributed by atoms with van der Waals surface area (Å²) in [5, 5.41) is 14.2. The van der Waals surface area contributed by atoms with E-state index in [1.54, 1.807) is 26.8 Å². The number of aromatic nitrogens is 4. The number of nitrogens with one attached hydrogen (secondary N) is 1. The zero-order valence-corrected chi connectivity index (χ0v) is 18.4. The van der Waals surface area contributed by atoms with Crippen molar-refractivity contribution in [2.45, 2.75) is 32.9 Å². The molecule has 32 heavy (non-hydrogen) atoms. The molecule has 1 N–H and O–H groups in total. The molecule has 3 rings (SSSR count). The van der Waals surface area contributed by atoms with Crippen LogP contribution in [0.2, 0.25) is 5.02 Å². The molecule has 168 valence electrons. The number of hydrogen-bond donors (Lipinski definition) is 1. The number of rotatable bonds is 6. The van der Waals surface area contributed by atoms with E-state index in [2.05, 4.69) is 20.7 Å². The van der Waals surface area contributed by atoms with Crippen molar-refractivity contribution in [2.75, 3.05) is 11.4 Å². The van der Waals surface area contributed by atoms with Gasteiger partial charge in [0.2, 0.25) is 11.7 Å². The Morgan fingerprint density at radius 2 is 1.84 bits per heavy atom. The fourth-order valence-corrected chi connectivity index (χ4v) is 3.02. The molecule has 8 nitrogen and oxygen atoms in total. The van der Waals surface area contributed by atoms with Crippen molar-refractivity contribution in [2.24, 2.45) is 0 Å². The second-order valence-electron chi connectivity index (χ2n) is 8.00. The SMILES string of the molecule is CC(C)(C)NC(=O)CN(C(=O)Cn1nnc(-c2ccccc2F)n1)c1ccc(F)c(Cl)c1. The zero-order valence-electron chi connectivity index (χ0n) is 17.6. The van der Waals surface area contributed by atoms with Crippen LogP contribution in [0, 0.1) is 11.6 Å². The van der Waals surface area contributed by atoms with E-state index in [0.717, 1.165) is 15.8 Å². The number of benzene rings is 2. The Morgan fingerprint density at radius 1 is 1.12 bits per heavy atom. The lowest BCUT2D eigenvalue weighted by Gasteiger charge is -2.26. The Bertz CT molecular complexity index is 1150. The molecule has 0 aliphatic carbocycles. The van der Waals surface area contributed by atoms with Gasteiger partial charge in [0, 0.05) is 11.2 Å². The van der Waals surface area contributed by atoms with Gasteiger partial charge in [0.25, 0.3) is 5.91 Å². The van der Waals surface area contributed by atoms with Gasteiger partial charge in [0.15, 0.2) is 0 Å². The molecule has 0 bridgehead atoms. The molecule has 0 aliphatic heterocycles. The van der Waals surface area contributed by atoms with E-state index in [4.69, 9.17) is 11.6 Å². The number of carbonyl (C=O) groups excluding carboxylic acids is 2. The number of nitrogens with zero attached hydrogens (tertiary/aromatic N) is 5. The maximum absolute atomic E-state index is 14.0. The van der Waals surface area contributed by atoms with Gasteiger partial charge in [-0.1, -0.05) is 23.7 Å².